The van der Waals surface area contributed by atoms with E-state index in [-0.39, 0.29) is 6.42 Å². The van der Waals surface area contributed by atoms with Crippen LogP contribution >= 0.6 is 0 Å². The molecule has 130 valence electrons. The van der Waals surface area contributed by atoms with Gasteiger partial charge in [-0.3, -0.25) is 0 Å². The standard InChI is InChI=1S/C12H22O10/c13-2-4-1-5(15)7(16)12(20-4)22-10-6(3-14)21-11(19)9(18)8(10)17/h4-19H,1-3H2/t4-,5-,6+,7+,8+,9+,10+,11-,12+/m0/s1. The van der Waals surface area contributed by atoms with Gasteiger partial charge in [-0.1, -0.05) is 0 Å². The zero-order valence-corrected chi connectivity index (χ0v) is 11.7. The Kier molecular flexibility index (Phi) is 6.07. The van der Waals surface area contributed by atoms with Crippen molar-refractivity contribution < 1.29 is 50.0 Å². The van der Waals surface area contributed by atoms with Crippen LogP contribution in [-0.4, -0.2) is 104 Å². The van der Waals surface area contributed by atoms with Crippen LogP contribution in [0.5, 0.6) is 0 Å². The maximum absolute atomic E-state index is 9.94. The van der Waals surface area contributed by atoms with Crippen LogP contribution in [0.25, 0.3) is 0 Å². The summed E-state index contributed by atoms with van der Waals surface area (Å²) in [6.07, 6.45) is -12.3. The van der Waals surface area contributed by atoms with E-state index in [1.807, 2.05) is 0 Å². The molecule has 7 N–H and O–H groups in total. The van der Waals surface area contributed by atoms with E-state index in [4.69, 9.17) is 19.3 Å². The summed E-state index contributed by atoms with van der Waals surface area (Å²) < 4.78 is 15.5. The van der Waals surface area contributed by atoms with Crippen molar-refractivity contribution >= 4 is 0 Å². The van der Waals surface area contributed by atoms with Gasteiger partial charge in [0.05, 0.1) is 25.4 Å². The molecule has 0 amide bonds. The molecule has 0 unspecified atom stereocenters. The van der Waals surface area contributed by atoms with Crippen molar-refractivity contribution in [2.45, 2.75) is 61.7 Å². The monoisotopic (exact) mass is 326 g/mol. The summed E-state index contributed by atoms with van der Waals surface area (Å²) in [6, 6.07) is 0. The van der Waals surface area contributed by atoms with Crippen LogP contribution in [0.1, 0.15) is 6.42 Å². The molecule has 2 heterocycles. The molecule has 0 aromatic heterocycles. The van der Waals surface area contributed by atoms with Crippen molar-refractivity contribution in [3.63, 3.8) is 0 Å². The van der Waals surface area contributed by atoms with Gasteiger partial charge in [0, 0.05) is 6.42 Å². The highest BCUT2D eigenvalue weighted by atomic mass is 16.7. The minimum atomic E-state index is -1.69. The van der Waals surface area contributed by atoms with Crippen molar-refractivity contribution in [2.24, 2.45) is 0 Å². The number of aliphatic hydroxyl groups excluding tert-OH is 7. The smallest absolute Gasteiger partial charge is 0.186 e. The second kappa shape index (κ2) is 7.45. The molecule has 2 saturated heterocycles. The molecule has 0 spiro atoms. The zero-order chi connectivity index (χ0) is 16.4. The molecule has 10 nitrogen and oxygen atoms in total. The first-order valence-corrected chi connectivity index (χ1v) is 6.97. The van der Waals surface area contributed by atoms with Crippen LogP contribution in [0.3, 0.4) is 0 Å². The van der Waals surface area contributed by atoms with Gasteiger partial charge in [-0.05, 0) is 0 Å². The highest BCUT2D eigenvalue weighted by molar-refractivity contribution is 4.91. The lowest BCUT2D eigenvalue weighted by Gasteiger charge is -2.44. The first-order chi connectivity index (χ1) is 10.4. The fourth-order valence-electron chi connectivity index (χ4n) is 2.54. The average molecular weight is 326 g/mol. The number of hydrogen-bond donors (Lipinski definition) is 7. The molecule has 22 heavy (non-hydrogen) atoms. The van der Waals surface area contributed by atoms with Crippen LogP contribution in [0.4, 0.5) is 0 Å². The molecule has 0 saturated carbocycles. The Labute approximate surface area is 126 Å². The highest BCUT2D eigenvalue weighted by Gasteiger charge is 2.48. The Hall–Kier alpha value is -0.400. The van der Waals surface area contributed by atoms with Crippen LogP contribution in [0.2, 0.25) is 0 Å². The van der Waals surface area contributed by atoms with Gasteiger partial charge in [0.15, 0.2) is 12.6 Å². The van der Waals surface area contributed by atoms with Gasteiger partial charge >= 0.3 is 0 Å². The molecule has 0 aromatic carbocycles. The molecule has 0 aromatic rings. The normalized spacial score (nSPS) is 50.0. The van der Waals surface area contributed by atoms with E-state index >= 15 is 0 Å². The summed E-state index contributed by atoms with van der Waals surface area (Å²) in [7, 11) is 0. The van der Waals surface area contributed by atoms with Crippen molar-refractivity contribution in [3.05, 3.63) is 0 Å². The fraction of sp³-hybridized carbons (Fsp3) is 1.00. The van der Waals surface area contributed by atoms with Gasteiger partial charge < -0.3 is 50.0 Å². The van der Waals surface area contributed by atoms with Gasteiger partial charge in [0.2, 0.25) is 0 Å². The van der Waals surface area contributed by atoms with E-state index in [0.29, 0.717) is 0 Å². The largest absolute Gasteiger partial charge is 0.394 e. The van der Waals surface area contributed by atoms with E-state index in [9.17, 15) is 30.6 Å². The molecular weight excluding hydrogens is 304 g/mol. The summed E-state index contributed by atoms with van der Waals surface area (Å²) >= 11 is 0. The first kappa shape index (κ1) is 17.9. The van der Waals surface area contributed by atoms with Gasteiger partial charge in [0.1, 0.15) is 30.5 Å². The van der Waals surface area contributed by atoms with Gasteiger partial charge in [-0.15, -0.1) is 0 Å². The summed E-state index contributed by atoms with van der Waals surface area (Å²) in [5.41, 5.74) is 0. The quantitative estimate of drug-likeness (QED) is 0.268. The first-order valence-electron chi connectivity index (χ1n) is 6.97. The Morgan fingerprint density at radius 2 is 1.55 bits per heavy atom. The number of rotatable bonds is 4. The lowest BCUT2D eigenvalue weighted by atomic mass is 9.98. The predicted octanol–water partition coefficient (Wildman–Crippen LogP) is -4.37. The van der Waals surface area contributed by atoms with Crippen molar-refractivity contribution in [2.75, 3.05) is 13.2 Å². The molecule has 9 atom stereocenters. The fourth-order valence-corrected chi connectivity index (χ4v) is 2.54. The van der Waals surface area contributed by atoms with E-state index in [0.717, 1.165) is 0 Å². The number of ether oxygens (including phenoxy) is 3. The number of aliphatic hydroxyl groups is 7. The van der Waals surface area contributed by atoms with E-state index in [1.54, 1.807) is 0 Å². The third-order valence-electron chi connectivity index (χ3n) is 3.84. The molecular formula is C12H22O10. The van der Waals surface area contributed by atoms with Crippen molar-refractivity contribution in [1.82, 2.24) is 0 Å². The number of hydrogen-bond acceptors (Lipinski definition) is 10. The third kappa shape index (κ3) is 3.57. The molecule has 0 aliphatic carbocycles. The summed E-state index contributed by atoms with van der Waals surface area (Å²) in [4.78, 5) is 0. The molecule has 0 bridgehead atoms. The predicted molar refractivity (Wildman–Crippen MR) is 67.2 cm³/mol. The maximum Gasteiger partial charge on any atom is 0.186 e. The van der Waals surface area contributed by atoms with Crippen LogP contribution in [-0.2, 0) is 14.2 Å². The Balaban J connectivity index is 2.08. The molecule has 10 heteroatoms. The molecule has 2 rings (SSSR count). The minimum Gasteiger partial charge on any atom is -0.394 e. The summed E-state index contributed by atoms with van der Waals surface area (Å²) in [5.74, 6) is 0. The van der Waals surface area contributed by atoms with E-state index < -0.39 is 68.5 Å². The maximum atomic E-state index is 9.94. The van der Waals surface area contributed by atoms with E-state index in [2.05, 4.69) is 0 Å². The topological polar surface area (TPSA) is 169 Å². The Morgan fingerprint density at radius 3 is 2.14 bits per heavy atom. The van der Waals surface area contributed by atoms with Crippen LogP contribution < -0.4 is 0 Å². The van der Waals surface area contributed by atoms with E-state index in [1.165, 1.54) is 0 Å². The SMILES string of the molecule is OC[C@@H]1C[C@H](O)[C@@H](O)[C@@H](O[C@H]2[C@H](O)[C@@H](O)[C@@H](O)O[C@@H]2CO)O1. The molecule has 2 aliphatic rings. The highest BCUT2D eigenvalue weighted by Crippen LogP contribution is 2.28. The summed E-state index contributed by atoms with van der Waals surface area (Å²) in [6.45, 7) is -1.03. The zero-order valence-electron chi connectivity index (χ0n) is 11.7. The molecule has 2 fully saturated rings. The van der Waals surface area contributed by atoms with Crippen LogP contribution in [0, 0.1) is 0 Å². The van der Waals surface area contributed by atoms with Gasteiger partial charge in [-0.25, -0.2) is 0 Å². The van der Waals surface area contributed by atoms with Gasteiger partial charge in [0.25, 0.3) is 0 Å². The van der Waals surface area contributed by atoms with Crippen LogP contribution in [0.15, 0.2) is 0 Å². The van der Waals surface area contributed by atoms with Crippen molar-refractivity contribution in [1.29, 1.82) is 0 Å². The Morgan fingerprint density at radius 1 is 0.864 bits per heavy atom. The third-order valence-corrected chi connectivity index (χ3v) is 3.84. The second-order valence-corrected chi connectivity index (χ2v) is 5.43. The summed E-state index contributed by atoms with van der Waals surface area (Å²) in [5, 5.41) is 66.8. The minimum absolute atomic E-state index is 0.00597. The lowest BCUT2D eigenvalue weighted by molar-refractivity contribution is -0.344. The second-order valence-electron chi connectivity index (χ2n) is 5.43. The molecule has 0 radical (unpaired) electrons. The molecule has 2 aliphatic heterocycles. The van der Waals surface area contributed by atoms with Crippen molar-refractivity contribution in [3.8, 4) is 0 Å². The Bertz CT molecular complexity index is 353. The lowest BCUT2D eigenvalue weighted by Crippen LogP contribution is -2.62. The average Bonchev–Trinajstić information content (AvgIpc) is 2.51. The van der Waals surface area contributed by atoms with Gasteiger partial charge in [-0.2, -0.15) is 0 Å².